The van der Waals surface area contributed by atoms with Crippen LogP contribution in [-0.2, 0) is 7.05 Å². The van der Waals surface area contributed by atoms with Crippen molar-refractivity contribution < 1.29 is 88.0 Å². The number of carbonyl (C=O) groups is 6. The van der Waals surface area contributed by atoms with Crippen LogP contribution in [-0.4, -0.2) is 190 Å². The summed E-state index contributed by atoms with van der Waals surface area (Å²) in [6.45, 7) is 4.53. The Bertz CT molecular complexity index is 4460. The molecular formula is C69H72F9N17O11. The number of nitrogens with zero attached hydrogens (tertiary/aromatic N) is 12. The summed E-state index contributed by atoms with van der Waals surface area (Å²) >= 11 is 0. The molecule has 6 aliphatic heterocycles. The van der Waals surface area contributed by atoms with Gasteiger partial charge in [0, 0.05) is 109 Å². The smallest absolute Gasteiger partial charge is 0.408 e. The number of halogens is 9. The molecule has 6 bridgehead atoms. The molecule has 12 heterocycles. The van der Waals surface area contributed by atoms with E-state index in [-0.39, 0.29) is 87.6 Å². The zero-order chi connectivity index (χ0) is 75.9. The van der Waals surface area contributed by atoms with E-state index in [1.807, 2.05) is 20.0 Å². The molecule has 6 atom stereocenters. The quantitative estimate of drug-likeness (QED) is 0.0293. The molecule has 1 aromatic carbocycles. The molecule has 0 radical (unpaired) electrons. The Morgan fingerprint density at radius 1 is 0.623 bits per heavy atom. The number of hydrogen-bond acceptors (Lipinski definition) is 20. The highest BCUT2D eigenvalue weighted by molar-refractivity contribution is 6.08. The molecule has 562 valence electrons. The summed E-state index contributed by atoms with van der Waals surface area (Å²) in [6.07, 6.45) is -9.62. The maximum Gasteiger partial charge on any atom is 0.408 e. The molecule has 3 saturated heterocycles. The first-order chi connectivity index (χ1) is 50.4. The highest BCUT2D eigenvalue weighted by Gasteiger charge is 2.46. The number of ether oxygens (including phenoxy) is 2. The Morgan fingerprint density at radius 2 is 1.10 bits per heavy atom. The van der Waals surface area contributed by atoms with Crippen LogP contribution in [0.3, 0.4) is 0 Å². The molecular weight excluding hydrogens is 1410 g/mol. The third-order valence-corrected chi connectivity index (χ3v) is 18.1. The summed E-state index contributed by atoms with van der Waals surface area (Å²) < 4.78 is 130. The zero-order valence-electron chi connectivity index (χ0n) is 56.7. The lowest BCUT2D eigenvalue weighted by Crippen LogP contribution is -2.49. The van der Waals surface area contributed by atoms with Gasteiger partial charge in [-0.3, -0.25) is 44.5 Å². The van der Waals surface area contributed by atoms with Crippen LogP contribution in [0, 0.1) is 0 Å². The Kier molecular flexibility index (Phi) is 22.9. The number of alkyl halides is 9. The number of aromatic nitrogens is 6. The summed E-state index contributed by atoms with van der Waals surface area (Å²) in [5.74, 6) is -2.73. The van der Waals surface area contributed by atoms with Crippen molar-refractivity contribution >= 4 is 87.4 Å². The molecule has 6 aliphatic rings. The van der Waals surface area contributed by atoms with Gasteiger partial charge < -0.3 is 55.3 Å². The van der Waals surface area contributed by atoms with Crippen LogP contribution in [0.15, 0.2) is 127 Å². The second kappa shape index (κ2) is 32.0. The van der Waals surface area contributed by atoms with Gasteiger partial charge in [0.1, 0.15) is 71.3 Å². The maximum atomic E-state index is 13.9. The molecule has 6 aromatic heterocycles. The van der Waals surface area contributed by atoms with E-state index in [1.54, 1.807) is 54.2 Å². The fraction of sp³-hybridized carbons (Fsp3) is 0.391. The molecule has 28 nitrogen and oxygen atoms in total. The van der Waals surface area contributed by atoms with Crippen LogP contribution in [0.25, 0.3) is 0 Å². The predicted octanol–water partition coefficient (Wildman–Crippen LogP) is 8.82. The van der Waals surface area contributed by atoms with Gasteiger partial charge in [-0.15, -0.1) is 0 Å². The van der Waals surface area contributed by atoms with Gasteiger partial charge in [0.2, 0.25) is 5.43 Å². The predicted molar refractivity (Wildman–Crippen MR) is 369 cm³/mol. The third-order valence-electron chi connectivity index (χ3n) is 18.1. The number of rotatable bonds is 19. The van der Waals surface area contributed by atoms with E-state index in [0.29, 0.717) is 100 Å². The topological polar surface area (TPSA) is 341 Å². The molecule has 13 rings (SSSR count). The van der Waals surface area contributed by atoms with Crippen molar-refractivity contribution in [2.24, 2.45) is 12.8 Å². The minimum atomic E-state index is -4.64. The van der Waals surface area contributed by atoms with Crippen molar-refractivity contribution in [3.05, 3.63) is 155 Å². The van der Waals surface area contributed by atoms with Crippen molar-refractivity contribution in [3.63, 3.8) is 0 Å². The molecule has 106 heavy (non-hydrogen) atoms. The van der Waals surface area contributed by atoms with Gasteiger partial charge in [-0.1, -0.05) is 30.3 Å². The van der Waals surface area contributed by atoms with Crippen LogP contribution in [0.5, 0.6) is 11.5 Å². The second-order valence-electron chi connectivity index (χ2n) is 25.5. The van der Waals surface area contributed by atoms with E-state index in [0.717, 1.165) is 6.92 Å². The summed E-state index contributed by atoms with van der Waals surface area (Å²) in [5, 5.41) is 28.4. The minimum absolute atomic E-state index is 0.0129. The number of aryl methyl sites for hydroxylation is 1. The number of benzene rings is 1. The van der Waals surface area contributed by atoms with Crippen LogP contribution in [0.1, 0.15) is 88.4 Å². The van der Waals surface area contributed by atoms with Crippen LogP contribution in [0.2, 0.25) is 0 Å². The van der Waals surface area contributed by atoms with Gasteiger partial charge in [-0.25, -0.2) is 39.3 Å². The van der Waals surface area contributed by atoms with E-state index in [2.05, 4.69) is 40.9 Å². The van der Waals surface area contributed by atoms with E-state index in [9.17, 15) is 78.2 Å². The van der Waals surface area contributed by atoms with E-state index in [1.165, 1.54) is 94.0 Å². The molecule has 0 unspecified atom stereocenters. The molecule has 37 heteroatoms. The molecule has 8 N–H and O–H groups in total. The number of urea groups is 3. The van der Waals surface area contributed by atoms with Gasteiger partial charge in [0.25, 0.3) is 5.91 Å². The largest absolute Gasteiger partial charge is 0.492 e. The first-order valence-corrected chi connectivity index (χ1v) is 33.5. The lowest BCUT2D eigenvalue weighted by atomic mass is 9.92. The van der Waals surface area contributed by atoms with Gasteiger partial charge in [0.15, 0.2) is 29.0 Å². The summed E-state index contributed by atoms with van der Waals surface area (Å²) in [7, 11) is 1.71. The van der Waals surface area contributed by atoms with Crippen molar-refractivity contribution in [3.8, 4) is 11.5 Å². The summed E-state index contributed by atoms with van der Waals surface area (Å²) in [4.78, 5) is 121. The second-order valence-corrected chi connectivity index (χ2v) is 25.5. The Balaban J connectivity index is 0.000000160. The van der Waals surface area contributed by atoms with Crippen molar-refractivity contribution in [2.75, 3.05) is 111 Å². The standard InChI is InChI=1S/C28H28F3N5O5.C21H24F3N7O3.C20H20F3N5O3/c29-28(30,31)21(17-4-2-1-3-5-17)13-24(39)22-6-7-23-26(33-22)36(18-9-11-35(23)14-18)27(40)34-25-12-20(8-10-32-25)41-16-19(38)15-37;1-12(21(22,23)24)27-19(32)15-2-3-16-18(28-15)31(13-5-8-30(16)11-13)20(33)29-17-10-14(4-7-26-17)34-9-6-25;1-26-8-6-17(30)14(11-26)25-19(31)28-12-5-9-27(10-12)15-3-2-13(24-18(15)28)16(29)4-7-20(21,22)23/h1-8,10,12,18-19,21,37-38H,9,11,13-16H2,(H,32,34,40);2-4,7,10,12-13H,5-6,8-9,11,25H2,1H3,(H,27,32)(H,26,29,33);2-3,6,8,11-12H,4-5,7,9-10H2,1H3,(H,25,31)/t18-,19+,21+;12-,13+;12-/m010/s1. The lowest BCUT2D eigenvalue weighted by Gasteiger charge is -2.35. The van der Waals surface area contributed by atoms with Gasteiger partial charge in [0.05, 0.1) is 54.1 Å². The van der Waals surface area contributed by atoms with E-state index in [4.69, 9.17) is 20.3 Å². The average Bonchev–Trinajstić information content (AvgIpc) is 1.63. The third kappa shape index (κ3) is 17.9. The molecule has 7 amide bonds. The number of hydrogen-bond donors (Lipinski definition) is 7. The first-order valence-electron chi connectivity index (χ1n) is 33.5. The molecule has 0 aliphatic carbocycles. The van der Waals surface area contributed by atoms with Crippen LogP contribution < -0.4 is 71.3 Å². The number of aliphatic hydroxyl groups is 2. The minimum Gasteiger partial charge on any atom is -0.492 e. The van der Waals surface area contributed by atoms with Crippen LogP contribution >= 0.6 is 0 Å². The average molecular weight is 1490 g/mol. The Hall–Kier alpha value is -11.2. The zero-order valence-corrected chi connectivity index (χ0v) is 56.7. The summed E-state index contributed by atoms with van der Waals surface area (Å²) in [6, 6.07) is 19.2. The number of Topliss-reactive ketones (excluding diaryl/α,β-unsaturated/α-hetero) is 2. The van der Waals surface area contributed by atoms with Gasteiger partial charge >= 0.3 is 36.6 Å². The number of pyridine rings is 6. The molecule has 0 spiro atoms. The van der Waals surface area contributed by atoms with Crippen LogP contribution in [0.4, 0.5) is 106 Å². The summed E-state index contributed by atoms with van der Waals surface area (Å²) in [5.41, 5.74) is 6.50. The number of ketones is 2. The molecule has 3 fully saturated rings. The Labute approximate surface area is 598 Å². The number of carbonyl (C=O) groups excluding carboxylic acids is 6. The lowest BCUT2D eigenvalue weighted by molar-refractivity contribution is -0.150. The van der Waals surface area contributed by atoms with Gasteiger partial charge in [-0.05, 0) is 80.3 Å². The first kappa shape index (κ1) is 75.9. The van der Waals surface area contributed by atoms with E-state index >= 15 is 0 Å². The highest BCUT2D eigenvalue weighted by atomic mass is 19.4. The number of nitrogens with two attached hydrogens (primary N) is 1. The monoisotopic (exact) mass is 1490 g/mol. The van der Waals surface area contributed by atoms with E-state index < -0.39 is 98.0 Å². The van der Waals surface area contributed by atoms with Gasteiger partial charge in [-0.2, -0.15) is 39.5 Å². The van der Waals surface area contributed by atoms with Crippen molar-refractivity contribution in [1.82, 2.24) is 34.8 Å². The maximum absolute atomic E-state index is 13.9. The molecule has 0 saturated carbocycles. The highest BCUT2D eigenvalue weighted by Crippen LogP contribution is 2.44. The fourth-order valence-electron chi connectivity index (χ4n) is 12.7. The number of anilines is 9. The SMILES string of the molecule is C[C@@H](NC(=O)c1ccc2c(n1)N(C(=O)Nc1cc(OCCN)ccn1)[C@H]1CCN2C1)C(F)(F)F.Cn1ccc(=O)c(NC(=O)N2c3nc(C(=O)CCC(F)(F)F)ccc3N3CC[C@H]2C3)c1.O=C(C[C@H](c1ccccc1)C(F)(F)F)c1ccc2c(n1)N(C(=O)Nc1cc(OC[C@H](O)CO)ccn1)[C@H]1CCN2C1. The number of fused-ring (bicyclic) bond motifs is 12. The number of amides is 7. The number of nitrogens with one attached hydrogen (secondary N) is 4. The fourth-order valence-corrected chi connectivity index (χ4v) is 12.7. The van der Waals surface area contributed by atoms with Crippen molar-refractivity contribution in [2.45, 2.75) is 100 Å². The molecule has 7 aromatic rings. The van der Waals surface area contributed by atoms with Crippen molar-refractivity contribution in [1.29, 1.82) is 0 Å². The Morgan fingerprint density at radius 3 is 1.58 bits per heavy atom. The normalized spacial score (nSPS) is 17.6. The number of aliphatic hydroxyl groups excluding tert-OH is 2.